The summed E-state index contributed by atoms with van der Waals surface area (Å²) in [6.07, 6.45) is 0. The molecule has 3 rings (SSSR count). The van der Waals surface area contributed by atoms with Crippen LogP contribution in [0.4, 0.5) is 5.82 Å². The highest BCUT2D eigenvalue weighted by Gasteiger charge is 2.19. The quantitative estimate of drug-likeness (QED) is 0.715. The second kappa shape index (κ2) is 5.54. The van der Waals surface area contributed by atoms with Crippen LogP contribution in [0.5, 0.6) is 0 Å². The number of aryl methyl sites for hydroxylation is 1. The number of nitrogens with two attached hydrogens (primary N) is 1. The lowest BCUT2D eigenvalue weighted by molar-refractivity contribution is 0.782. The maximum Gasteiger partial charge on any atom is 0.129 e. The molecule has 0 aliphatic carbocycles. The van der Waals surface area contributed by atoms with Crippen LogP contribution in [0.25, 0.3) is 22.4 Å². The van der Waals surface area contributed by atoms with Crippen LogP contribution in [-0.2, 0) is 7.05 Å². The summed E-state index contributed by atoms with van der Waals surface area (Å²) in [5.41, 5.74) is 9.78. The van der Waals surface area contributed by atoms with Crippen molar-refractivity contribution in [3.05, 3.63) is 58.0 Å². The molecule has 21 heavy (non-hydrogen) atoms. The fourth-order valence-electron chi connectivity index (χ4n) is 2.30. The number of benzene rings is 2. The summed E-state index contributed by atoms with van der Waals surface area (Å²) < 4.78 is 2.67. The van der Waals surface area contributed by atoms with Crippen molar-refractivity contribution in [2.24, 2.45) is 7.05 Å². The van der Waals surface area contributed by atoms with Gasteiger partial charge in [0.05, 0.1) is 5.56 Å². The molecule has 5 heteroatoms. The average Bonchev–Trinajstić information content (AvgIpc) is 2.76. The molecule has 0 saturated carbocycles. The molecular formula is C16H13BrClN3. The predicted octanol–water partition coefficient (Wildman–Crippen LogP) is 4.75. The predicted molar refractivity (Wildman–Crippen MR) is 91.2 cm³/mol. The van der Waals surface area contributed by atoms with Crippen molar-refractivity contribution in [3.63, 3.8) is 0 Å². The third-order valence-corrected chi connectivity index (χ3v) is 4.16. The maximum absolute atomic E-state index is 6.33. The van der Waals surface area contributed by atoms with Gasteiger partial charge in [0.15, 0.2) is 0 Å². The Bertz CT molecular complexity index is 811. The number of anilines is 1. The summed E-state index contributed by atoms with van der Waals surface area (Å²) in [4.78, 5) is 0. The molecule has 0 aliphatic rings. The minimum atomic E-state index is 0.595. The number of halogens is 2. The number of hydrogen-bond acceptors (Lipinski definition) is 2. The van der Waals surface area contributed by atoms with Gasteiger partial charge in [0.25, 0.3) is 0 Å². The third kappa shape index (κ3) is 2.57. The van der Waals surface area contributed by atoms with Crippen LogP contribution in [-0.4, -0.2) is 9.78 Å². The molecule has 1 aromatic heterocycles. The second-order valence-corrected chi connectivity index (χ2v) is 6.05. The average molecular weight is 363 g/mol. The number of aromatic nitrogens is 2. The molecule has 0 fully saturated rings. The van der Waals surface area contributed by atoms with Crippen LogP contribution in [0.3, 0.4) is 0 Å². The van der Waals surface area contributed by atoms with Gasteiger partial charge < -0.3 is 5.73 Å². The van der Waals surface area contributed by atoms with E-state index in [1.54, 1.807) is 4.68 Å². The molecular weight excluding hydrogens is 350 g/mol. The van der Waals surface area contributed by atoms with Crippen molar-refractivity contribution in [3.8, 4) is 22.4 Å². The Labute approximate surface area is 136 Å². The Morgan fingerprint density at radius 3 is 2.62 bits per heavy atom. The number of nitrogen functional groups attached to an aromatic ring is 1. The summed E-state index contributed by atoms with van der Waals surface area (Å²) in [6, 6.07) is 15.6. The molecule has 0 unspecified atom stereocenters. The first-order valence-electron chi connectivity index (χ1n) is 6.41. The summed E-state index contributed by atoms with van der Waals surface area (Å²) in [5, 5.41) is 5.21. The zero-order chi connectivity index (χ0) is 15.0. The molecule has 2 N–H and O–H groups in total. The van der Waals surface area contributed by atoms with Crippen molar-refractivity contribution >= 4 is 33.3 Å². The van der Waals surface area contributed by atoms with Crippen molar-refractivity contribution in [2.45, 2.75) is 0 Å². The van der Waals surface area contributed by atoms with Gasteiger partial charge >= 0.3 is 0 Å². The second-order valence-electron chi connectivity index (χ2n) is 4.72. The molecule has 3 nitrogen and oxygen atoms in total. The van der Waals surface area contributed by atoms with E-state index >= 15 is 0 Å². The summed E-state index contributed by atoms with van der Waals surface area (Å²) in [7, 11) is 1.83. The van der Waals surface area contributed by atoms with Crippen LogP contribution in [0.2, 0.25) is 5.02 Å². The van der Waals surface area contributed by atoms with Crippen LogP contribution in [0, 0.1) is 0 Å². The van der Waals surface area contributed by atoms with Gasteiger partial charge in [-0.3, -0.25) is 4.68 Å². The van der Waals surface area contributed by atoms with Gasteiger partial charge in [-0.25, -0.2) is 0 Å². The zero-order valence-electron chi connectivity index (χ0n) is 11.3. The van der Waals surface area contributed by atoms with E-state index in [0.29, 0.717) is 10.8 Å². The lowest BCUT2D eigenvalue weighted by Gasteiger charge is -2.06. The van der Waals surface area contributed by atoms with Gasteiger partial charge in [0.2, 0.25) is 0 Å². The Balaban J connectivity index is 2.29. The molecule has 0 bridgehead atoms. The monoisotopic (exact) mass is 361 g/mol. The highest BCUT2D eigenvalue weighted by atomic mass is 79.9. The zero-order valence-corrected chi connectivity index (χ0v) is 13.7. The van der Waals surface area contributed by atoms with Crippen LogP contribution < -0.4 is 5.73 Å². The van der Waals surface area contributed by atoms with Gasteiger partial charge in [-0.1, -0.05) is 57.9 Å². The smallest absolute Gasteiger partial charge is 0.129 e. The molecule has 1 heterocycles. The van der Waals surface area contributed by atoms with E-state index in [9.17, 15) is 0 Å². The van der Waals surface area contributed by atoms with E-state index in [1.165, 1.54) is 0 Å². The van der Waals surface area contributed by atoms with Crippen molar-refractivity contribution in [1.82, 2.24) is 9.78 Å². The molecule has 0 aliphatic heterocycles. The number of nitrogens with zero attached hydrogens (tertiary/aromatic N) is 2. The maximum atomic E-state index is 6.33. The van der Waals surface area contributed by atoms with Crippen molar-refractivity contribution < 1.29 is 0 Å². The van der Waals surface area contributed by atoms with E-state index in [4.69, 9.17) is 17.3 Å². The van der Waals surface area contributed by atoms with Crippen molar-refractivity contribution in [1.29, 1.82) is 0 Å². The Hall–Kier alpha value is -1.78. The minimum Gasteiger partial charge on any atom is -0.383 e. The highest BCUT2D eigenvalue weighted by Crippen LogP contribution is 2.39. The Kier molecular flexibility index (Phi) is 3.74. The molecule has 3 aromatic rings. The van der Waals surface area contributed by atoms with Gasteiger partial charge in [-0.05, 0) is 18.2 Å². The molecule has 106 valence electrons. The lowest BCUT2D eigenvalue weighted by atomic mass is 10.0. The van der Waals surface area contributed by atoms with Crippen LogP contribution in [0.1, 0.15) is 0 Å². The van der Waals surface area contributed by atoms with Crippen LogP contribution in [0.15, 0.2) is 53.0 Å². The first kappa shape index (κ1) is 14.2. The fraction of sp³-hybridized carbons (Fsp3) is 0.0625. The first-order chi connectivity index (χ1) is 10.1. The SMILES string of the molecule is Cn1nc(-c2cccc(Br)c2)c(-c2ccccc2Cl)c1N. The molecule has 0 spiro atoms. The summed E-state index contributed by atoms with van der Waals surface area (Å²) in [5.74, 6) is 0.595. The van der Waals surface area contributed by atoms with Crippen LogP contribution >= 0.6 is 27.5 Å². The fourth-order valence-corrected chi connectivity index (χ4v) is 2.93. The number of hydrogen-bond donors (Lipinski definition) is 1. The number of rotatable bonds is 2. The van der Waals surface area contributed by atoms with Gasteiger partial charge in [-0.2, -0.15) is 5.10 Å². The topological polar surface area (TPSA) is 43.8 Å². The van der Waals surface area contributed by atoms with Gasteiger partial charge in [0.1, 0.15) is 11.5 Å². The highest BCUT2D eigenvalue weighted by molar-refractivity contribution is 9.10. The molecule has 0 radical (unpaired) electrons. The largest absolute Gasteiger partial charge is 0.383 e. The first-order valence-corrected chi connectivity index (χ1v) is 7.58. The van der Waals surface area contributed by atoms with E-state index in [0.717, 1.165) is 26.9 Å². The standard InChI is InChI=1S/C16H13BrClN3/c1-21-16(19)14(12-7-2-3-8-13(12)18)15(20-21)10-5-4-6-11(17)9-10/h2-9H,19H2,1H3. The van der Waals surface area contributed by atoms with E-state index < -0.39 is 0 Å². The summed E-state index contributed by atoms with van der Waals surface area (Å²) >= 11 is 9.82. The summed E-state index contributed by atoms with van der Waals surface area (Å²) in [6.45, 7) is 0. The van der Waals surface area contributed by atoms with E-state index in [1.807, 2.05) is 55.6 Å². The van der Waals surface area contributed by atoms with E-state index in [-0.39, 0.29) is 0 Å². The Morgan fingerprint density at radius 2 is 1.90 bits per heavy atom. The van der Waals surface area contributed by atoms with Crippen molar-refractivity contribution in [2.75, 3.05) is 5.73 Å². The van der Waals surface area contributed by atoms with E-state index in [2.05, 4.69) is 21.0 Å². The Morgan fingerprint density at radius 1 is 1.14 bits per heavy atom. The van der Waals surface area contributed by atoms with Gasteiger partial charge in [-0.15, -0.1) is 0 Å². The molecule has 0 atom stereocenters. The molecule has 2 aromatic carbocycles. The van der Waals surface area contributed by atoms with Gasteiger partial charge in [0, 0.05) is 27.7 Å². The molecule has 0 saturated heterocycles. The third-order valence-electron chi connectivity index (χ3n) is 3.33. The minimum absolute atomic E-state index is 0.595. The normalized spacial score (nSPS) is 10.8. The lowest BCUT2D eigenvalue weighted by Crippen LogP contribution is -1.98. The molecule has 0 amide bonds.